The molecule has 0 radical (unpaired) electrons. The highest BCUT2D eigenvalue weighted by Crippen LogP contribution is 2.28. The normalized spacial score (nSPS) is 16.2. The van der Waals surface area contributed by atoms with E-state index < -0.39 is 0 Å². The van der Waals surface area contributed by atoms with E-state index in [1.165, 1.54) is 25.7 Å². The van der Waals surface area contributed by atoms with Crippen LogP contribution < -0.4 is 5.32 Å². The predicted molar refractivity (Wildman–Crippen MR) is 79.0 cm³/mol. The summed E-state index contributed by atoms with van der Waals surface area (Å²) >= 11 is 1.91. The Hall–Kier alpha value is -0.740. The van der Waals surface area contributed by atoms with Crippen molar-refractivity contribution in [1.29, 1.82) is 0 Å². The maximum absolute atomic E-state index is 4.66. The van der Waals surface area contributed by atoms with E-state index in [0.717, 1.165) is 30.3 Å². The van der Waals surface area contributed by atoms with Crippen molar-refractivity contribution in [3.8, 4) is 0 Å². The second-order valence-corrected chi connectivity index (χ2v) is 5.92. The summed E-state index contributed by atoms with van der Waals surface area (Å²) in [4.78, 5) is 0. The van der Waals surface area contributed by atoms with Crippen molar-refractivity contribution < 1.29 is 0 Å². The van der Waals surface area contributed by atoms with Crippen LogP contribution in [-0.4, -0.2) is 27.8 Å². The Morgan fingerprint density at radius 1 is 1.50 bits per heavy atom. The van der Waals surface area contributed by atoms with Crippen molar-refractivity contribution >= 4 is 11.8 Å². The molecule has 0 aliphatic heterocycles. The molecule has 1 heterocycles. The first-order chi connectivity index (χ1) is 8.90. The van der Waals surface area contributed by atoms with Gasteiger partial charge in [-0.05, 0) is 18.9 Å². The zero-order valence-corrected chi connectivity index (χ0v) is 11.8. The van der Waals surface area contributed by atoms with Gasteiger partial charge in [-0.3, -0.25) is 4.68 Å². The van der Waals surface area contributed by atoms with E-state index >= 15 is 0 Å². The van der Waals surface area contributed by atoms with E-state index in [0.29, 0.717) is 6.04 Å². The topological polar surface area (TPSA) is 29.9 Å². The van der Waals surface area contributed by atoms with E-state index in [9.17, 15) is 0 Å². The largest absolute Gasteiger partial charge is 0.310 e. The quantitative estimate of drug-likeness (QED) is 0.579. The average molecular weight is 265 g/mol. The fourth-order valence-corrected chi connectivity index (χ4v) is 2.99. The minimum atomic E-state index is 0.655. The van der Waals surface area contributed by atoms with Crippen molar-refractivity contribution in [2.24, 2.45) is 0 Å². The highest BCUT2D eigenvalue weighted by Gasteiger charge is 2.17. The van der Waals surface area contributed by atoms with Gasteiger partial charge in [0.25, 0.3) is 0 Å². The molecule has 2 rings (SSSR count). The van der Waals surface area contributed by atoms with E-state index in [1.807, 2.05) is 17.8 Å². The van der Waals surface area contributed by atoms with Crippen molar-refractivity contribution in [2.75, 3.05) is 18.1 Å². The zero-order chi connectivity index (χ0) is 12.6. The number of thioether (sulfide) groups is 1. The summed E-state index contributed by atoms with van der Waals surface area (Å²) in [5, 5.41) is 8.09. The monoisotopic (exact) mass is 265 g/mol. The minimum absolute atomic E-state index is 0.655. The molecule has 0 atom stereocenters. The smallest absolute Gasteiger partial charge is 0.0762 e. The number of rotatable bonds is 8. The summed E-state index contributed by atoms with van der Waals surface area (Å²) in [7, 11) is 0. The number of hydrogen-bond donors (Lipinski definition) is 1. The molecule has 100 valence electrons. The van der Waals surface area contributed by atoms with Crippen LogP contribution in [0.4, 0.5) is 0 Å². The SMILES string of the molecule is C=CCSCCNCc1ccn(C2CCCC2)n1. The number of hydrogen-bond acceptors (Lipinski definition) is 3. The molecule has 0 unspecified atom stereocenters. The molecule has 1 aliphatic rings. The Morgan fingerprint density at radius 2 is 2.33 bits per heavy atom. The van der Waals surface area contributed by atoms with Crippen molar-refractivity contribution in [3.63, 3.8) is 0 Å². The van der Waals surface area contributed by atoms with Gasteiger partial charge in [0.2, 0.25) is 0 Å². The molecule has 0 amide bonds. The molecule has 0 bridgehead atoms. The lowest BCUT2D eigenvalue weighted by molar-refractivity contribution is 0.461. The summed E-state index contributed by atoms with van der Waals surface area (Å²) in [6.45, 7) is 5.63. The first-order valence-corrected chi connectivity index (χ1v) is 7.99. The lowest BCUT2D eigenvalue weighted by Gasteiger charge is -2.08. The molecule has 3 nitrogen and oxygen atoms in total. The van der Waals surface area contributed by atoms with Crippen molar-refractivity contribution in [1.82, 2.24) is 15.1 Å². The lowest BCUT2D eigenvalue weighted by atomic mass is 10.3. The molecule has 0 aromatic carbocycles. The van der Waals surface area contributed by atoms with Gasteiger partial charge >= 0.3 is 0 Å². The van der Waals surface area contributed by atoms with E-state index in [1.54, 1.807) is 0 Å². The first-order valence-electron chi connectivity index (χ1n) is 6.83. The van der Waals surface area contributed by atoms with Gasteiger partial charge in [-0.2, -0.15) is 16.9 Å². The van der Waals surface area contributed by atoms with Gasteiger partial charge in [-0.25, -0.2) is 0 Å². The van der Waals surface area contributed by atoms with Gasteiger partial charge in [0.05, 0.1) is 11.7 Å². The second kappa shape index (κ2) is 7.64. The first kappa shape index (κ1) is 13.7. The summed E-state index contributed by atoms with van der Waals surface area (Å²) in [5.74, 6) is 2.17. The Labute approximate surface area is 114 Å². The maximum atomic E-state index is 4.66. The molecular formula is C14H23N3S. The van der Waals surface area contributed by atoms with E-state index in [4.69, 9.17) is 0 Å². The summed E-state index contributed by atoms with van der Waals surface area (Å²) in [6.07, 6.45) is 9.41. The minimum Gasteiger partial charge on any atom is -0.310 e. The number of aromatic nitrogens is 2. The van der Waals surface area contributed by atoms with Gasteiger partial charge in [0.15, 0.2) is 0 Å². The Balaban J connectivity index is 1.65. The molecule has 18 heavy (non-hydrogen) atoms. The number of nitrogens with one attached hydrogen (secondary N) is 1. The third-order valence-corrected chi connectivity index (χ3v) is 4.29. The van der Waals surface area contributed by atoms with Gasteiger partial charge < -0.3 is 5.32 Å². The van der Waals surface area contributed by atoms with Crippen LogP contribution in [0.15, 0.2) is 24.9 Å². The maximum Gasteiger partial charge on any atom is 0.0762 e. The lowest BCUT2D eigenvalue weighted by Crippen LogP contribution is -2.17. The van der Waals surface area contributed by atoms with Crippen molar-refractivity contribution in [3.05, 3.63) is 30.6 Å². The molecule has 1 fully saturated rings. The highest BCUT2D eigenvalue weighted by molar-refractivity contribution is 7.99. The highest BCUT2D eigenvalue weighted by atomic mass is 32.2. The molecule has 1 N–H and O–H groups in total. The van der Waals surface area contributed by atoms with E-state index in [2.05, 4.69) is 33.9 Å². The van der Waals surface area contributed by atoms with Crippen LogP contribution >= 0.6 is 11.8 Å². The van der Waals surface area contributed by atoms with Gasteiger partial charge in [0, 0.05) is 30.8 Å². The summed E-state index contributed by atoms with van der Waals surface area (Å²) < 4.78 is 2.16. The average Bonchev–Trinajstić information content (AvgIpc) is 3.03. The van der Waals surface area contributed by atoms with Crippen LogP contribution in [0.25, 0.3) is 0 Å². The Bertz CT molecular complexity index is 356. The predicted octanol–water partition coefficient (Wildman–Crippen LogP) is 3.01. The Morgan fingerprint density at radius 3 is 3.11 bits per heavy atom. The van der Waals surface area contributed by atoms with Crippen LogP contribution in [0.2, 0.25) is 0 Å². The van der Waals surface area contributed by atoms with Crippen LogP contribution in [0.3, 0.4) is 0 Å². The van der Waals surface area contributed by atoms with Crippen LogP contribution in [0, 0.1) is 0 Å². The molecule has 1 aromatic rings. The van der Waals surface area contributed by atoms with Crippen LogP contribution in [0.5, 0.6) is 0 Å². The van der Waals surface area contributed by atoms with Crippen LogP contribution in [-0.2, 0) is 6.54 Å². The third kappa shape index (κ3) is 4.18. The second-order valence-electron chi connectivity index (χ2n) is 4.77. The molecule has 1 aliphatic carbocycles. The van der Waals surface area contributed by atoms with Crippen molar-refractivity contribution in [2.45, 2.75) is 38.3 Å². The molecular weight excluding hydrogens is 242 g/mol. The summed E-state index contributed by atoms with van der Waals surface area (Å²) in [6, 6.07) is 2.80. The third-order valence-electron chi connectivity index (χ3n) is 3.33. The zero-order valence-electron chi connectivity index (χ0n) is 11.0. The van der Waals surface area contributed by atoms with E-state index in [-0.39, 0.29) is 0 Å². The number of nitrogens with zero attached hydrogens (tertiary/aromatic N) is 2. The fraction of sp³-hybridized carbons (Fsp3) is 0.643. The molecule has 4 heteroatoms. The van der Waals surface area contributed by atoms with Gasteiger partial charge in [-0.1, -0.05) is 18.9 Å². The summed E-state index contributed by atoms with van der Waals surface area (Å²) in [5.41, 5.74) is 1.16. The van der Waals surface area contributed by atoms with Crippen LogP contribution in [0.1, 0.15) is 37.4 Å². The molecule has 0 saturated heterocycles. The Kier molecular flexibility index (Phi) is 5.81. The molecule has 1 saturated carbocycles. The standard InChI is InChI=1S/C14H23N3S/c1-2-10-18-11-8-15-12-13-7-9-17(16-13)14-5-3-4-6-14/h2,7,9,14-15H,1,3-6,8,10-12H2. The van der Waals surface area contributed by atoms with Gasteiger partial charge in [0.1, 0.15) is 0 Å². The van der Waals surface area contributed by atoms with Gasteiger partial charge in [-0.15, -0.1) is 6.58 Å². The molecule has 1 aromatic heterocycles. The molecule has 0 spiro atoms. The fourth-order valence-electron chi connectivity index (χ4n) is 2.37.